The zero-order chi connectivity index (χ0) is 16.1. The summed E-state index contributed by atoms with van der Waals surface area (Å²) in [6.45, 7) is 4.10. The number of pyridine rings is 1. The van der Waals surface area contributed by atoms with Gasteiger partial charge in [-0.15, -0.1) is 0 Å². The van der Waals surface area contributed by atoms with Crippen LogP contribution in [0.4, 0.5) is 11.4 Å². The fraction of sp³-hybridized carbons (Fsp3) is 0.0500. The Morgan fingerprint density at radius 3 is 2.39 bits per heavy atom. The molecule has 23 heavy (non-hydrogen) atoms. The first-order valence-electron chi connectivity index (χ1n) is 7.52. The number of benzene rings is 2. The third kappa shape index (κ3) is 3.77. The van der Waals surface area contributed by atoms with Crippen LogP contribution in [0.25, 0.3) is 5.70 Å². The number of para-hydroxylation sites is 2. The van der Waals surface area contributed by atoms with Crippen molar-refractivity contribution in [2.24, 2.45) is 0 Å². The van der Waals surface area contributed by atoms with E-state index in [-0.39, 0.29) is 0 Å². The standard InChI is InChI=1S/C20H19N3/c1-15(23-20-8-3-2-7-19(20)21)17-11-9-16(10-12-17)14-18-6-4-5-13-22-18/h2-13,23H,1,14,21H2. The summed E-state index contributed by atoms with van der Waals surface area (Å²) in [5, 5.41) is 3.26. The van der Waals surface area contributed by atoms with Crippen LogP contribution in [0.1, 0.15) is 16.8 Å². The SMILES string of the molecule is C=C(Nc1ccccc1N)c1ccc(Cc2ccccn2)cc1. The van der Waals surface area contributed by atoms with Gasteiger partial charge in [0.25, 0.3) is 0 Å². The summed E-state index contributed by atoms with van der Waals surface area (Å²) in [6, 6.07) is 22.0. The lowest BCUT2D eigenvalue weighted by atomic mass is 10.1. The molecule has 3 aromatic rings. The van der Waals surface area contributed by atoms with Gasteiger partial charge in [-0.05, 0) is 35.4 Å². The molecule has 0 bridgehead atoms. The number of nitrogens with two attached hydrogens (primary N) is 1. The minimum absolute atomic E-state index is 0.709. The highest BCUT2D eigenvalue weighted by Gasteiger charge is 2.03. The summed E-state index contributed by atoms with van der Waals surface area (Å²) >= 11 is 0. The molecular weight excluding hydrogens is 282 g/mol. The van der Waals surface area contributed by atoms with Gasteiger partial charge in [-0.3, -0.25) is 4.98 Å². The highest BCUT2D eigenvalue weighted by atomic mass is 14.9. The zero-order valence-corrected chi connectivity index (χ0v) is 12.9. The van der Waals surface area contributed by atoms with Gasteiger partial charge in [0.1, 0.15) is 0 Å². The number of hydrogen-bond donors (Lipinski definition) is 2. The van der Waals surface area contributed by atoms with Crippen LogP contribution in [-0.4, -0.2) is 4.98 Å². The molecule has 0 radical (unpaired) electrons. The fourth-order valence-corrected chi connectivity index (χ4v) is 2.38. The molecular formula is C20H19N3. The second-order valence-electron chi connectivity index (χ2n) is 5.39. The van der Waals surface area contributed by atoms with Gasteiger partial charge in [0.2, 0.25) is 0 Å². The van der Waals surface area contributed by atoms with Gasteiger partial charge in [-0.2, -0.15) is 0 Å². The van der Waals surface area contributed by atoms with Gasteiger partial charge in [-0.1, -0.05) is 49.0 Å². The van der Waals surface area contributed by atoms with E-state index in [2.05, 4.69) is 41.1 Å². The van der Waals surface area contributed by atoms with Crippen molar-refractivity contribution >= 4 is 17.1 Å². The van der Waals surface area contributed by atoms with E-state index in [0.29, 0.717) is 5.69 Å². The van der Waals surface area contributed by atoms with Crippen molar-refractivity contribution < 1.29 is 0 Å². The Labute approximate surface area is 136 Å². The molecule has 0 aliphatic heterocycles. The van der Waals surface area contributed by atoms with Gasteiger partial charge in [0, 0.05) is 24.0 Å². The molecule has 0 amide bonds. The van der Waals surface area contributed by atoms with Gasteiger partial charge in [-0.25, -0.2) is 0 Å². The summed E-state index contributed by atoms with van der Waals surface area (Å²) in [4.78, 5) is 4.35. The van der Waals surface area contributed by atoms with Crippen molar-refractivity contribution in [3.63, 3.8) is 0 Å². The first-order chi connectivity index (χ1) is 11.2. The largest absolute Gasteiger partial charge is 0.397 e. The van der Waals surface area contributed by atoms with Crippen LogP contribution in [0.15, 0.2) is 79.5 Å². The summed E-state index contributed by atoms with van der Waals surface area (Å²) in [6.07, 6.45) is 2.65. The van der Waals surface area contributed by atoms with Crippen LogP contribution in [-0.2, 0) is 6.42 Å². The summed E-state index contributed by atoms with van der Waals surface area (Å²) < 4.78 is 0. The average Bonchev–Trinajstić information content (AvgIpc) is 2.58. The monoisotopic (exact) mass is 301 g/mol. The van der Waals surface area contributed by atoms with Crippen molar-refractivity contribution in [3.05, 3.63) is 96.3 Å². The Balaban J connectivity index is 1.69. The Morgan fingerprint density at radius 2 is 1.70 bits per heavy atom. The fourth-order valence-electron chi connectivity index (χ4n) is 2.38. The Morgan fingerprint density at radius 1 is 0.957 bits per heavy atom. The average molecular weight is 301 g/mol. The van der Waals surface area contributed by atoms with Crippen molar-refractivity contribution in [2.45, 2.75) is 6.42 Å². The van der Waals surface area contributed by atoms with E-state index >= 15 is 0 Å². The molecule has 0 aliphatic rings. The number of hydrogen-bond acceptors (Lipinski definition) is 3. The van der Waals surface area contributed by atoms with E-state index in [1.165, 1.54) is 5.56 Å². The molecule has 0 saturated carbocycles. The van der Waals surface area contributed by atoms with Crippen molar-refractivity contribution in [3.8, 4) is 0 Å². The third-order valence-electron chi connectivity index (χ3n) is 3.66. The van der Waals surface area contributed by atoms with Gasteiger partial charge >= 0.3 is 0 Å². The van der Waals surface area contributed by atoms with Crippen molar-refractivity contribution in [2.75, 3.05) is 11.1 Å². The molecule has 0 atom stereocenters. The Hall–Kier alpha value is -3.07. The Kier molecular flexibility index (Phi) is 4.39. The molecule has 0 unspecified atom stereocenters. The van der Waals surface area contributed by atoms with Crippen LogP contribution in [0.5, 0.6) is 0 Å². The van der Waals surface area contributed by atoms with Crippen LogP contribution in [0.3, 0.4) is 0 Å². The van der Waals surface area contributed by atoms with E-state index in [0.717, 1.165) is 29.1 Å². The first kappa shape index (κ1) is 14.9. The Bertz CT molecular complexity index is 793. The first-order valence-corrected chi connectivity index (χ1v) is 7.52. The predicted octanol–water partition coefficient (Wildman–Crippen LogP) is 4.34. The van der Waals surface area contributed by atoms with E-state index < -0.39 is 0 Å². The normalized spacial score (nSPS) is 10.3. The van der Waals surface area contributed by atoms with Gasteiger partial charge < -0.3 is 11.1 Å². The molecule has 114 valence electrons. The molecule has 3 heteroatoms. The number of nitrogens with one attached hydrogen (secondary N) is 1. The molecule has 1 aromatic heterocycles. The molecule has 0 saturated heterocycles. The molecule has 0 spiro atoms. The van der Waals surface area contributed by atoms with Gasteiger partial charge in [0.05, 0.1) is 11.4 Å². The second kappa shape index (κ2) is 6.79. The molecule has 0 fully saturated rings. The van der Waals surface area contributed by atoms with Crippen molar-refractivity contribution in [1.82, 2.24) is 4.98 Å². The lowest BCUT2D eigenvalue weighted by Crippen LogP contribution is -2.01. The number of rotatable bonds is 5. The summed E-state index contributed by atoms with van der Waals surface area (Å²) in [7, 11) is 0. The van der Waals surface area contributed by atoms with E-state index in [9.17, 15) is 0 Å². The smallest absolute Gasteiger partial charge is 0.0617 e. The lowest BCUT2D eigenvalue weighted by Gasteiger charge is -2.12. The molecule has 3 N–H and O–H groups in total. The third-order valence-corrected chi connectivity index (χ3v) is 3.66. The van der Waals surface area contributed by atoms with Gasteiger partial charge in [0.15, 0.2) is 0 Å². The van der Waals surface area contributed by atoms with Crippen LogP contribution < -0.4 is 11.1 Å². The quantitative estimate of drug-likeness (QED) is 0.689. The maximum absolute atomic E-state index is 5.95. The molecule has 2 aromatic carbocycles. The number of anilines is 2. The minimum atomic E-state index is 0.709. The molecule has 1 heterocycles. The highest BCUT2D eigenvalue weighted by Crippen LogP contribution is 2.22. The maximum Gasteiger partial charge on any atom is 0.0617 e. The molecule has 3 rings (SSSR count). The van der Waals surface area contributed by atoms with Crippen LogP contribution in [0, 0.1) is 0 Å². The summed E-state index contributed by atoms with van der Waals surface area (Å²) in [5.41, 5.74) is 11.7. The molecule has 0 aliphatic carbocycles. The van der Waals surface area contributed by atoms with Crippen LogP contribution in [0.2, 0.25) is 0 Å². The van der Waals surface area contributed by atoms with Crippen molar-refractivity contribution in [1.29, 1.82) is 0 Å². The number of nitrogen functional groups attached to an aromatic ring is 1. The molecule has 3 nitrogen and oxygen atoms in total. The van der Waals surface area contributed by atoms with Crippen LogP contribution >= 0.6 is 0 Å². The minimum Gasteiger partial charge on any atom is -0.397 e. The number of nitrogens with zero attached hydrogens (tertiary/aromatic N) is 1. The van der Waals surface area contributed by atoms with E-state index in [1.54, 1.807) is 0 Å². The maximum atomic E-state index is 5.95. The number of aromatic nitrogens is 1. The summed E-state index contributed by atoms with van der Waals surface area (Å²) in [5.74, 6) is 0. The van der Waals surface area contributed by atoms with E-state index in [4.69, 9.17) is 5.73 Å². The lowest BCUT2D eigenvalue weighted by molar-refractivity contribution is 1.07. The van der Waals surface area contributed by atoms with E-state index in [1.807, 2.05) is 48.7 Å². The zero-order valence-electron chi connectivity index (χ0n) is 12.9. The second-order valence-corrected chi connectivity index (χ2v) is 5.39. The highest BCUT2D eigenvalue weighted by molar-refractivity contribution is 5.80. The topological polar surface area (TPSA) is 50.9 Å². The predicted molar refractivity (Wildman–Crippen MR) is 97.0 cm³/mol.